The Kier molecular flexibility index (Phi) is 8.23. The largest absolute Gasteiger partial charge is 0.508 e. The van der Waals surface area contributed by atoms with Crippen LogP contribution in [0.3, 0.4) is 0 Å². The standard InChI is InChI=1S/C37H37F5N6O3/c1-3-24-26(38)6-4-21-16-23(49)17-25(28(21)24)31-30(39)32-29-27(44-31)7-5-22-18-43-12-15-48(22)33(29)46-34(45-32)51-20-35(8-9-35)19-47-13-10-36(50-2,11-14-47)37(40,41)42/h1,4,6,16-17,22,43,49H,5,7-15,18-20H2,2H3. The Hall–Kier alpha value is -4.32. The van der Waals surface area contributed by atoms with Gasteiger partial charge in [-0.05, 0) is 62.1 Å². The number of halogens is 5. The van der Waals surface area contributed by atoms with Crippen molar-refractivity contribution in [3.05, 3.63) is 47.2 Å². The molecule has 0 amide bonds. The smallest absolute Gasteiger partial charge is 0.417 e. The normalized spacial score (nSPS) is 21.3. The van der Waals surface area contributed by atoms with E-state index >= 15 is 4.39 Å². The van der Waals surface area contributed by atoms with Crippen LogP contribution >= 0.6 is 0 Å². The number of fused-ring (bicyclic) bond motifs is 3. The number of aromatic nitrogens is 3. The summed E-state index contributed by atoms with van der Waals surface area (Å²) < 4.78 is 84.5. The third-order valence-corrected chi connectivity index (χ3v) is 11.2. The van der Waals surface area contributed by atoms with Crippen LogP contribution in [-0.2, 0) is 11.2 Å². The molecule has 3 fully saturated rings. The molecule has 2 N–H and O–H groups in total. The number of ether oxygens (including phenoxy) is 2. The molecule has 1 saturated carbocycles. The van der Waals surface area contributed by atoms with Crippen LogP contribution in [-0.4, -0.2) is 95.8 Å². The molecule has 0 radical (unpaired) electrons. The van der Waals surface area contributed by atoms with Gasteiger partial charge >= 0.3 is 12.2 Å². The summed E-state index contributed by atoms with van der Waals surface area (Å²) in [6.07, 6.45) is 3.84. The maximum atomic E-state index is 17.0. The van der Waals surface area contributed by atoms with Crippen LogP contribution < -0.4 is 15.0 Å². The summed E-state index contributed by atoms with van der Waals surface area (Å²) in [4.78, 5) is 18.4. The minimum Gasteiger partial charge on any atom is -0.508 e. The van der Waals surface area contributed by atoms with Crippen molar-refractivity contribution in [3.8, 4) is 35.4 Å². The maximum absolute atomic E-state index is 17.0. The average molecular weight is 709 g/mol. The number of piperazine rings is 1. The van der Waals surface area contributed by atoms with Crippen LogP contribution in [0, 0.1) is 29.4 Å². The first-order valence-electron chi connectivity index (χ1n) is 17.2. The van der Waals surface area contributed by atoms with E-state index in [4.69, 9.17) is 25.9 Å². The Balaban J connectivity index is 1.17. The van der Waals surface area contributed by atoms with E-state index in [0.717, 1.165) is 20.0 Å². The zero-order valence-electron chi connectivity index (χ0n) is 28.0. The molecule has 2 saturated heterocycles. The number of alkyl halides is 3. The summed E-state index contributed by atoms with van der Waals surface area (Å²) in [6, 6.07) is 5.49. The minimum atomic E-state index is -4.44. The molecule has 3 aliphatic heterocycles. The molecule has 9 nitrogen and oxygen atoms in total. The van der Waals surface area contributed by atoms with Crippen LogP contribution in [0.5, 0.6) is 11.8 Å². The lowest BCUT2D eigenvalue weighted by Crippen LogP contribution is -2.55. The molecule has 1 atom stereocenters. The predicted molar refractivity (Wildman–Crippen MR) is 181 cm³/mol. The number of phenolic OH excluding ortho intramolecular Hbond substituents is 1. The number of anilines is 1. The summed E-state index contributed by atoms with van der Waals surface area (Å²) in [5.74, 6) is 1.30. The molecule has 268 valence electrons. The summed E-state index contributed by atoms with van der Waals surface area (Å²) in [5.41, 5.74) is -1.91. The zero-order valence-corrected chi connectivity index (χ0v) is 28.0. The van der Waals surface area contributed by atoms with Crippen molar-refractivity contribution in [2.45, 2.75) is 56.3 Å². The number of aryl methyl sites for hydroxylation is 1. The van der Waals surface area contributed by atoms with E-state index in [0.29, 0.717) is 61.3 Å². The number of likely N-dealkylation sites (tertiary alicyclic amines) is 1. The fraction of sp³-hybridized carbons (Fsp3) is 0.486. The Morgan fingerprint density at radius 1 is 1.06 bits per heavy atom. The van der Waals surface area contributed by atoms with Gasteiger partial charge in [-0.3, -0.25) is 0 Å². The Bertz CT molecular complexity index is 2070. The second-order valence-corrected chi connectivity index (χ2v) is 14.3. The monoisotopic (exact) mass is 708 g/mol. The summed E-state index contributed by atoms with van der Waals surface area (Å²) >= 11 is 0. The van der Waals surface area contributed by atoms with Crippen molar-refractivity contribution in [2.75, 3.05) is 57.9 Å². The van der Waals surface area contributed by atoms with Gasteiger partial charge in [0.2, 0.25) is 0 Å². The van der Waals surface area contributed by atoms with E-state index in [9.17, 15) is 22.7 Å². The second kappa shape index (κ2) is 12.4. The fourth-order valence-electron chi connectivity index (χ4n) is 8.08. The quantitative estimate of drug-likeness (QED) is 0.184. The van der Waals surface area contributed by atoms with Crippen LogP contribution in [0.15, 0.2) is 24.3 Å². The number of benzene rings is 2. The molecular weight excluding hydrogens is 671 g/mol. The molecule has 4 aromatic rings. The highest BCUT2D eigenvalue weighted by Crippen LogP contribution is 2.49. The fourth-order valence-corrected chi connectivity index (χ4v) is 8.08. The van der Waals surface area contributed by atoms with E-state index in [-0.39, 0.29) is 83.5 Å². The second-order valence-electron chi connectivity index (χ2n) is 14.3. The first-order valence-corrected chi connectivity index (χ1v) is 17.2. The van der Waals surface area contributed by atoms with E-state index in [1.54, 1.807) is 0 Å². The van der Waals surface area contributed by atoms with Crippen LogP contribution in [0.25, 0.3) is 32.9 Å². The van der Waals surface area contributed by atoms with Gasteiger partial charge in [-0.25, -0.2) is 13.8 Å². The maximum Gasteiger partial charge on any atom is 0.417 e. The third kappa shape index (κ3) is 5.79. The number of rotatable bonds is 7. The highest BCUT2D eigenvalue weighted by molar-refractivity contribution is 6.03. The molecule has 14 heteroatoms. The van der Waals surface area contributed by atoms with Crippen molar-refractivity contribution in [3.63, 3.8) is 0 Å². The Labute approximate surface area is 291 Å². The van der Waals surface area contributed by atoms with Crippen molar-refractivity contribution in [1.82, 2.24) is 25.2 Å². The number of hydrogen-bond acceptors (Lipinski definition) is 9. The zero-order chi connectivity index (χ0) is 35.7. The summed E-state index contributed by atoms with van der Waals surface area (Å²) in [7, 11) is 1.12. The number of terminal acetylenes is 1. The molecule has 51 heavy (non-hydrogen) atoms. The first-order chi connectivity index (χ1) is 24.4. The number of aromatic hydroxyl groups is 1. The van der Waals surface area contributed by atoms with Gasteiger partial charge in [0.1, 0.15) is 28.6 Å². The average Bonchev–Trinajstić information content (AvgIpc) is 3.91. The molecule has 2 aromatic heterocycles. The summed E-state index contributed by atoms with van der Waals surface area (Å²) in [5, 5.41) is 15.2. The van der Waals surface area contributed by atoms with E-state index in [1.165, 1.54) is 24.3 Å². The van der Waals surface area contributed by atoms with Gasteiger partial charge in [0.05, 0.1) is 23.3 Å². The lowest BCUT2D eigenvalue weighted by Gasteiger charge is -2.42. The van der Waals surface area contributed by atoms with Gasteiger partial charge in [0, 0.05) is 68.8 Å². The molecule has 0 spiro atoms. The van der Waals surface area contributed by atoms with E-state index in [1.807, 2.05) is 4.90 Å². The van der Waals surface area contributed by atoms with E-state index in [2.05, 4.69) is 21.1 Å². The molecule has 0 bridgehead atoms. The molecule has 8 rings (SSSR count). The van der Waals surface area contributed by atoms with Gasteiger partial charge in [-0.1, -0.05) is 12.0 Å². The van der Waals surface area contributed by atoms with Gasteiger partial charge in [0.25, 0.3) is 0 Å². The molecule has 1 aliphatic carbocycles. The van der Waals surface area contributed by atoms with Crippen LogP contribution in [0.2, 0.25) is 0 Å². The number of methoxy groups -OCH3 is 1. The van der Waals surface area contributed by atoms with Gasteiger partial charge < -0.3 is 29.7 Å². The third-order valence-electron chi connectivity index (χ3n) is 11.2. The van der Waals surface area contributed by atoms with Crippen LogP contribution in [0.4, 0.5) is 27.8 Å². The number of hydrogen-bond donors (Lipinski definition) is 2. The number of pyridine rings is 1. The Morgan fingerprint density at radius 2 is 1.84 bits per heavy atom. The highest BCUT2D eigenvalue weighted by atomic mass is 19.4. The topological polar surface area (TPSA) is 95.9 Å². The van der Waals surface area contributed by atoms with Crippen molar-refractivity contribution in [1.29, 1.82) is 0 Å². The molecule has 2 aromatic carbocycles. The lowest BCUT2D eigenvalue weighted by atomic mass is 9.89. The summed E-state index contributed by atoms with van der Waals surface area (Å²) in [6.45, 7) is 3.28. The van der Waals surface area contributed by atoms with E-state index < -0.39 is 23.4 Å². The molecule has 5 heterocycles. The highest BCUT2D eigenvalue weighted by Gasteiger charge is 2.57. The number of nitrogens with one attached hydrogen (secondary N) is 1. The van der Waals surface area contributed by atoms with Crippen molar-refractivity contribution < 1.29 is 36.5 Å². The number of phenols is 1. The minimum absolute atomic E-state index is 0.00623. The van der Waals surface area contributed by atoms with Gasteiger partial charge in [-0.15, -0.1) is 6.42 Å². The SMILES string of the molecule is C#Cc1c(F)ccc2cc(O)cc(-c3nc4c5c(nc(OCC6(CN7CCC(OC)(C(F)(F)F)CC7)CC6)nc5c3F)N3CCNCC3CC4)c12. The van der Waals surface area contributed by atoms with Gasteiger partial charge in [0.15, 0.2) is 11.4 Å². The molecule has 1 unspecified atom stereocenters. The first kappa shape index (κ1) is 33.8. The number of nitrogens with zero attached hydrogens (tertiary/aromatic N) is 5. The van der Waals surface area contributed by atoms with Crippen LogP contribution in [0.1, 0.15) is 43.4 Å². The number of piperidine rings is 1. The van der Waals surface area contributed by atoms with Crippen molar-refractivity contribution in [2.24, 2.45) is 5.41 Å². The predicted octanol–water partition coefficient (Wildman–Crippen LogP) is 5.74. The van der Waals surface area contributed by atoms with Gasteiger partial charge in [-0.2, -0.15) is 23.1 Å². The Morgan fingerprint density at radius 3 is 2.55 bits per heavy atom. The van der Waals surface area contributed by atoms with Crippen molar-refractivity contribution >= 4 is 27.5 Å². The molecule has 4 aliphatic rings. The lowest BCUT2D eigenvalue weighted by molar-refractivity contribution is -0.282. The molecular formula is C37H37F5N6O3.